The highest BCUT2D eigenvalue weighted by molar-refractivity contribution is 6.37. The van der Waals surface area contributed by atoms with Gasteiger partial charge in [0.2, 0.25) is 0 Å². The van der Waals surface area contributed by atoms with Crippen LogP contribution in [0.4, 0.5) is 4.39 Å². The fourth-order valence-electron chi connectivity index (χ4n) is 3.91. The molecule has 1 aliphatic heterocycles. The number of carbonyl (C=O) groups is 1. The number of aromatic nitrogens is 2. The van der Waals surface area contributed by atoms with E-state index in [1.165, 1.54) is 19.2 Å². The first-order valence-corrected chi connectivity index (χ1v) is 11.4. The maximum Gasteiger partial charge on any atom is 0.252 e. The van der Waals surface area contributed by atoms with Gasteiger partial charge in [0.05, 0.1) is 35.5 Å². The summed E-state index contributed by atoms with van der Waals surface area (Å²) in [4.78, 5) is 26.5. The van der Waals surface area contributed by atoms with Gasteiger partial charge >= 0.3 is 0 Å². The van der Waals surface area contributed by atoms with Crippen molar-refractivity contribution in [1.82, 2.24) is 15.3 Å². The summed E-state index contributed by atoms with van der Waals surface area (Å²) in [5, 5.41) is 13.1. The van der Waals surface area contributed by atoms with E-state index in [-0.39, 0.29) is 18.8 Å². The van der Waals surface area contributed by atoms with Crippen molar-refractivity contribution in [2.45, 2.75) is 18.6 Å². The van der Waals surface area contributed by atoms with Crippen molar-refractivity contribution in [3.05, 3.63) is 100 Å². The number of nitrogens with one attached hydrogen (secondary N) is 1. The summed E-state index contributed by atoms with van der Waals surface area (Å²) in [5.74, 6) is -0.205. The van der Waals surface area contributed by atoms with E-state index >= 15 is 0 Å². The smallest absolute Gasteiger partial charge is 0.252 e. The number of aliphatic imine (C=N–C) groups is 1. The van der Waals surface area contributed by atoms with Gasteiger partial charge in [-0.25, -0.2) is 14.4 Å². The molecular weight excluding hydrogens is 471 g/mol. The molecule has 0 aliphatic carbocycles. The first kappa shape index (κ1) is 24.7. The minimum atomic E-state index is -0.667. The van der Waals surface area contributed by atoms with Crippen molar-refractivity contribution in [3.8, 4) is 0 Å². The number of amides is 1. The Morgan fingerprint density at radius 3 is 2.60 bits per heavy atom. The van der Waals surface area contributed by atoms with Crippen LogP contribution in [-0.4, -0.2) is 59.1 Å². The van der Waals surface area contributed by atoms with Gasteiger partial charge in [-0.05, 0) is 47.5 Å². The van der Waals surface area contributed by atoms with Gasteiger partial charge in [0.15, 0.2) is 0 Å². The number of aliphatic hydroxyl groups excluding tert-OH is 1. The predicted molar refractivity (Wildman–Crippen MR) is 132 cm³/mol. The van der Waals surface area contributed by atoms with Crippen molar-refractivity contribution in [2.24, 2.45) is 4.99 Å². The highest BCUT2D eigenvalue weighted by Crippen LogP contribution is 2.28. The van der Waals surface area contributed by atoms with Crippen LogP contribution in [0.5, 0.6) is 0 Å². The third-order valence-corrected chi connectivity index (χ3v) is 6.04. The van der Waals surface area contributed by atoms with Gasteiger partial charge in [-0.2, -0.15) is 0 Å². The number of methoxy groups -OCH3 is 1. The monoisotopic (exact) mass is 494 g/mol. The Bertz CT molecular complexity index is 1250. The van der Waals surface area contributed by atoms with E-state index in [1.54, 1.807) is 48.8 Å². The molecule has 35 heavy (non-hydrogen) atoms. The van der Waals surface area contributed by atoms with Crippen LogP contribution in [0.15, 0.2) is 72.0 Å². The van der Waals surface area contributed by atoms with Crippen LogP contribution in [0.1, 0.15) is 27.3 Å². The Hall–Kier alpha value is -3.46. The molecule has 2 atom stereocenters. The molecule has 7 nitrogen and oxygen atoms in total. The molecule has 0 fully saturated rings. The Morgan fingerprint density at radius 2 is 1.91 bits per heavy atom. The molecular formula is C26H24ClFN4O3. The van der Waals surface area contributed by atoms with Gasteiger partial charge in [0.1, 0.15) is 17.7 Å². The second-order valence-electron chi connectivity index (χ2n) is 7.95. The molecule has 9 heteroatoms. The van der Waals surface area contributed by atoms with Gasteiger partial charge in [0, 0.05) is 31.5 Å². The molecule has 0 saturated carbocycles. The van der Waals surface area contributed by atoms with Gasteiger partial charge in [0.25, 0.3) is 5.91 Å². The lowest BCUT2D eigenvalue weighted by Crippen LogP contribution is -2.47. The number of nitrogens with zero attached hydrogens (tertiary/aromatic N) is 3. The van der Waals surface area contributed by atoms with Gasteiger partial charge in [-0.15, -0.1) is 0 Å². The van der Waals surface area contributed by atoms with Crippen LogP contribution >= 0.6 is 11.6 Å². The van der Waals surface area contributed by atoms with Gasteiger partial charge in [-0.1, -0.05) is 29.8 Å². The van der Waals surface area contributed by atoms with E-state index in [1.807, 2.05) is 6.08 Å². The van der Waals surface area contributed by atoms with E-state index in [2.05, 4.69) is 20.3 Å². The molecule has 0 unspecified atom stereocenters. The summed E-state index contributed by atoms with van der Waals surface area (Å²) in [5.41, 5.74) is 3.13. The Labute approximate surface area is 207 Å². The fourth-order valence-corrected chi connectivity index (χ4v) is 4.18. The standard InChI is InChI=1S/C26H24ClFN4O3/c1-35-23(15-33)21(13-24-29-10-3-11-30-24)32-26(34)19-4-2-5-20(27)25(19)22-12-17(14-31-22)16-6-8-18(28)9-7-16/h2-12,21,23,33H,13-15H2,1H3,(H,32,34)/t21-,23+/m1/s1. The van der Waals surface area contributed by atoms with Gasteiger partial charge in [-0.3, -0.25) is 9.79 Å². The topological polar surface area (TPSA) is 96.7 Å². The van der Waals surface area contributed by atoms with Crippen LogP contribution < -0.4 is 5.32 Å². The number of hydrogen-bond acceptors (Lipinski definition) is 6. The molecule has 180 valence electrons. The van der Waals surface area contributed by atoms with Crippen LogP contribution in [-0.2, 0) is 11.2 Å². The van der Waals surface area contributed by atoms with E-state index in [4.69, 9.17) is 16.3 Å². The first-order chi connectivity index (χ1) is 17.0. The second kappa shape index (κ2) is 11.3. The Kier molecular flexibility index (Phi) is 7.97. The zero-order chi connectivity index (χ0) is 24.8. The van der Waals surface area contributed by atoms with E-state index in [0.29, 0.717) is 34.2 Å². The molecule has 0 saturated heterocycles. The van der Waals surface area contributed by atoms with E-state index < -0.39 is 18.1 Å². The molecule has 2 N–H and O–H groups in total. The number of carbonyl (C=O) groups excluding carboxylic acids is 1. The minimum Gasteiger partial charge on any atom is -0.394 e. The van der Waals surface area contributed by atoms with Gasteiger partial charge < -0.3 is 15.2 Å². The first-order valence-electron chi connectivity index (χ1n) is 11.0. The molecule has 2 heterocycles. The maximum atomic E-state index is 13.4. The number of hydrogen-bond donors (Lipinski definition) is 2. The summed E-state index contributed by atoms with van der Waals surface area (Å²) >= 11 is 6.53. The maximum absolute atomic E-state index is 13.4. The largest absolute Gasteiger partial charge is 0.394 e. The molecule has 0 spiro atoms. The SMILES string of the molecule is CO[C@@H](CO)[C@@H](Cc1ncccn1)NC(=O)c1cccc(Cl)c1C1=NCC(c2ccc(F)cc2)=C1. The lowest BCUT2D eigenvalue weighted by Gasteiger charge is -2.25. The summed E-state index contributed by atoms with van der Waals surface area (Å²) in [6, 6.07) is 12.3. The minimum absolute atomic E-state index is 0.261. The highest BCUT2D eigenvalue weighted by Gasteiger charge is 2.27. The second-order valence-corrected chi connectivity index (χ2v) is 8.35. The van der Waals surface area contributed by atoms with Crippen molar-refractivity contribution in [1.29, 1.82) is 0 Å². The number of ether oxygens (including phenoxy) is 1. The van der Waals surface area contributed by atoms with Crippen LogP contribution in [0.25, 0.3) is 5.57 Å². The third kappa shape index (κ3) is 5.79. The Balaban J connectivity index is 1.62. The normalized spacial score (nSPS) is 14.7. The molecule has 4 rings (SSSR count). The van der Waals surface area contributed by atoms with Crippen LogP contribution in [0, 0.1) is 5.82 Å². The number of benzene rings is 2. The summed E-state index contributed by atoms with van der Waals surface area (Å²) < 4.78 is 18.7. The van der Waals surface area contributed by atoms with Crippen LogP contribution in [0.3, 0.4) is 0 Å². The number of aliphatic hydroxyl groups is 1. The number of rotatable bonds is 9. The molecule has 1 aliphatic rings. The molecule has 0 radical (unpaired) electrons. The van der Waals surface area contributed by atoms with Crippen molar-refractivity contribution in [3.63, 3.8) is 0 Å². The highest BCUT2D eigenvalue weighted by atomic mass is 35.5. The zero-order valence-corrected chi connectivity index (χ0v) is 19.7. The average molecular weight is 495 g/mol. The zero-order valence-electron chi connectivity index (χ0n) is 19.0. The fraction of sp³-hybridized carbons (Fsp3) is 0.231. The lowest BCUT2D eigenvalue weighted by molar-refractivity contribution is 0.0211. The molecule has 1 amide bonds. The summed E-state index contributed by atoms with van der Waals surface area (Å²) in [6.45, 7) is 0.0879. The molecule has 2 aromatic carbocycles. The summed E-state index contributed by atoms with van der Waals surface area (Å²) in [7, 11) is 1.46. The van der Waals surface area contributed by atoms with E-state index in [0.717, 1.165) is 11.1 Å². The lowest BCUT2D eigenvalue weighted by atomic mass is 9.99. The predicted octanol–water partition coefficient (Wildman–Crippen LogP) is 3.50. The number of halogens is 2. The molecule has 1 aromatic heterocycles. The van der Waals surface area contributed by atoms with Crippen molar-refractivity contribution < 1.29 is 19.0 Å². The Morgan fingerprint density at radius 1 is 1.17 bits per heavy atom. The summed E-state index contributed by atoms with van der Waals surface area (Å²) in [6.07, 6.45) is 4.67. The number of allylic oxidation sites excluding steroid dienone is 1. The van der Waals surface area contributed by atoms with Crippen LogP contribution in [0.2, 0.25) is 5.02 Å². The molecule has 0 bridgehead atoms. The van der Waals surface area contributed by atoms with E-state index in [9.17, 15) is 14.3 Å². The molecule has 3 aromatic rings. The average Bonchev–Trinajstić information content (AvgIpc) is 3.35. The quantitative estimate of drug-likeness (QED) is 0.474. The van der Waals surface area contributed by atoms with Crippen molar-refractivity contribution in [2.75, 3.05) is 20.3 Å². The van der Waals surface area contributed by atoms with Crippen molar-refractivity contribution >= 4 is 28.8 Å². The third-order valence-electron chi connectivity index (χ3n) is 5.73.